The van der Waals surface area contributed by atoms with Crippen LogP contribution in [0.1, 0.15) is 31.8 Å². The largest absolute Gasteiger partial charge is 0.348 e. The summed E-state index contributed by atoms with van der Waals surface area (Å²) in [7, 11) is -4.06. The smallest absolute Gasteiger partial charge is 0.259 e. The third kappa shape index (κ3) is 4.36. The number of aromatic nitrogens is 1. The molecule has 4 aromatic rings. The first-order valence-electron chi connectivity index (χ1n) is 11.1. The number of halogens is 1. The molecule has 0 bridgehead atoms. The van der Waals surface area contributed by atoms with Crippen LogP contribution in [-0.2, 0) is 22.9 Å². The summed E-state index contributed by atoms with van der Waals surface area (Å²) in [6, 6.07) is 19.3. The second-order valence-corrected chi connectivity index (χ2v) is 10.1. The van der Waals surface area contributed by atoms with Crippen molar-refractivity contribution < 1.29 is 22.4 Å². The van der Waals surface area contributed by atoms with E-state index in [4.69, 9.17) is 0 Å². The topological polar surface area (TPSA) is 96.4 Å². The number of hydrogen-bond acceptors (Lipinski definition) is 5. The second kappa shape index (κ2) is 9.35. The van der Waals surface area contributed by atoms with Crippen LogP contribution in [0.2, 0.25) is 0 Å². The molecule has 1 aromatic heterocycles. The molecule has 180 valence electrons. The zero-order chi connectivity index (χ0) is 25.3. The molecule has 1 aliphatic rings. The Kier molecular flexibility index (Phi) is 6.07. The van der Waals surface area contributed by atoms with Gasteiger partial charge in [0.15, 0.2) is 0 Å². The van der Waals surface area contributed by atoms with Crippen LogP contribution in [0.4, 0.5) is 10.1 Å². The van der Waals surface area contributed by atoms with Crippen molar-refractivity contribution in [1.29, 1.82) is 0 Å². The molecule has 2 heterocycles. The normalized spacial score (nSPS) is 13.9. The van der Waals surface area contributed by atoms with E-state index in [1.807, 2.05) is 6.07 Å². The van der Waals surface area contributed by atoms with Crippen LogP contribution in [0.5, 0.6) is 0 Å². The molecule has 2 amide bonds. The zero-order valence-electron chi connectivity index (χ0n) is 18.9. The van der Waals surface area contributed by atoms with Crippen molar-refractivity contribution in [2.24, 2.45) is 0 Å². The number of amides is 2. The number of nitrogens with zero attached hydrogens (tertiary/aromatic N) is 2. The Morgan fingerprint density at radius 3 is 2.44 bits per heavy atom. The van der Waals surface area contributed by atoms with E-state index in [0.717, 1.165) is 5.56 Å². The van der Waals surface area contributed by atoms with E-state index in [1.54, 1.807) is 30.6 Å². The summed E-state index contributed by atoms with van der Waals surface area (Å²) in [5, 5.41) is 2.78. The molecule has 3 aromatic carbocycles. The summed E-state index contributed by atoms with van der Waals surface area (Å²) in [5.41, 5.74) is 1.69. The van der Waals surface area contributed by atoms with E-state index in [9.17, 15) is 22.4 Å². The SMILES string of the molecule is O=C(NCc1cccnc1)c1ccc2c(c1)N(Cc1ccc(F)cc1)C(=O)c1ccccc1S2(=O)=O. The maximum absolute atomic E-state index is 13.6. The van der Waals surface area contributed by atoms with Gasteiger partial charge in [0.05, 0.1) is 27.6 Å². The third-order valence-electron chi connectivity index (χ3n) is 5.88. The van der Waals surface area contributed by atoms with Gasteiger partial charge in [0.2, 0.25) is 9.84 Å². The molecule has 0 aliphatic carbocycles. The number of carbonyl (C=O) groups is 2. The Bertz CT molecular complexity index is 1570. The Morgan fingerprint density at radius 1 is 0.917 bits per heavy atom. The van der Waals surface area contributed by atoms with E-state index < -0.39 is 27.5 Å². The van der Waals surface area contributed by atoms with Gasteiger partial charge in [0, 0.05) is 24.5 Å². The van der Waals surface area contributed by atoms with E-state index in [1.165, 1.54) is 59.5 Å². The van der Waals surface area contributed by atoms with E-state index in [-0.39, 0.29) is 39.7 Å². The van der Waals surface area contributed by atoms with Crippen LogP contribution in [0.15, 0.2) is 101 Å². The molecule has 0 atom stereocenters. The van der Waals surface area contributed by atoms with Crippen LogP contribution >= 0.6 is 0 Å². The van der Waals surface area contributed by atoms with Gasteiger partial charge in [-0.3, -0.25) is 14.6 Å². The first kappa shape index (κ1) is 23.4. The van der Waals surface area contributed by atoms with Crippen molar-refractivity contribution in [1.82, 2.24) is 10.3 Å². The maximum Gasteiger partial charge on any atom is 0.259 e. The number of pyridine rings is 1. The van der Waals surface area contributed by atoms with Crippen LogP contribution in [0, 0.1) is 5.82 Å². The molecule has 9 heteroatoms. The molecule has 1 aliphatic heterocycles. The number of rotatable bonds is 5. The van der Waals surface area contributed by atoms with E-state index in [0.29, 0.717) is 5.56 Å². The van der Waals surface area contributed by atoms with Gasteiger partial charge in [-0.15, -0.1) is 0 Å². The van der Waals surface area contributed by atoms with Crippen LogP contribution in [0.25, 0.3) is 0 Å². The molecule has 36 heavy (non-hydrogen) atoms. The average molecular weight is 502 g/mol. The van der Waals surface area contributed by atoms with Gasteiger partial charge in [-0.05, 0) is 59.7 Å². The lowest BCUT2D eigenvalue weighted by atomic mass is 10.1. The van der Waals surface area contributed by atoms with Gasteiger partial charge in [0.25, 0.3) is 11.8 Å². The Labute approximate surface area is 207 Å². The quantitative estimate of drug-likeness (QED) is 0.443. The minimum absolute atomic E-state index is 0.0171. The molecular weight excluding hydrogens is 481 g/mol. The summed E-state index contributed by atoms with van der Waals surface area (Å²) in [6.45, 7) is 0.211. The minimum Gasteiger partial charge on any atom is -0.348 e. The van der Waals surface area contributed by atoms with Crippen molar-refractivity contribution in [3.05, 3.63) is 119 Å². The van der Waals surface area contributed by atoms with Gasteiger partial charge in [-0.1, -0.05) is 30.3 Å². The number of hydrogen-bond donors (Lipinski definition) is 1. The maximum atomic E-state index is 13.6. The fourth-order valence-electron chi connectivity index (χ4n) is 4.06. The summed E-state index contributed by atoms with van der Waals surface area (Å²) in [6.07, 6.45) is 3.26. The summed E-state index contributed by atoms with van der Waals surface area (Å²) < 4.78 is 40.6. The number of benzene rings is 3. The molecule has 0 saturated carbocycles. The highest BCUT2D eigenvalue weighted by molar-refractivity contribution is 7.91. The fourth-order valence-corrected chi connectivity index (χ4v) is 5.70. The monoisotopic (exact) mass is 501 g/mol. The standard InChI is InChI=1S/C27H20FN3O4S/c28-21-10-7-18(8-11-21)17-31-23-14-20(26(32)30-16-19-4-3-13-29-15-19)9-12-25(23)36(34,35)24-6-2-1-5-22(24)27(31)33/h1-15H,16-17H2,(H,30,32). The van der Waals surface area contributed by atoms with Gasteiger partial charge in [-0.2, -0.15) is 0 Å². The molecule has 7 nitrogen and oxygen atoms in total. The highest BCUT2D eigenvalue weighted by atomic mass is 32.2. The second-order valence-electron chi connectivity index (χ2n) is 8.24. The van der Waals surface area contributed by atoms with Crippen LogP contribution in [0.3, 0.4) is 0 Å². The highest BCUT2D eigenvalue weighted by Crippen LogP contribution is 2.38. The number of nitrogens with one attached hydrogen (secondary N) is 1. The number of fused-ring (bicyclic) bond motifs is 2. The lowest BCUT2D eigenvalue weighted by molar-refractivity contribution is 0.0947. The average Bonchev–Trinajstić information content (AvgIpc) is 2.97. The number of anilines is 1. The van der Waals surface area contributed by atoms with Gasteiger partial charge in [-0.25, -0.2) is 12.8 Å². The van der Waals surface area contributed by atoms with Crippen molar-refractivity contribution >= 4 is 27.3 Å². The van der Waals surface area contributed by atoms with E-state index >= 15 is 0 Å². The first-order chi connectivity index (χ1) is 17.3. The van der Waals surface area contributed by atoms with Gasteiger partial charge < -0.3 is 10.2 Å². The molecule has 0 saturated heterocycles. The molecule has 0 spiro atoms. The zero-order valence-corrected chi connectivity index (χ0v) is 19.7. The third-order valence-corrected chi connectivity index (χ3v) is 7.74. The summed E-state index contributed by atoms with van der Waals surface area (Å²) in [4.78, 5) is 31.7. The van der Waals surface area contributed by atoms with Crippen molar-refractivity contribution in [2.75, 3.05) is 4.90 Å². The van der Waals surface area contributed by atoms with Gasteiger partial charge in [0.1, 0.15) is 5.82 Å². The molecule has 0 fully saturated rings. The molecule has 5 rings (SSSR count). The lowest BCUT2D eigenvalue weighted by Gasteiger charge is -2.23. The predicted molar refractivity (Wildman–Crippen MR) is 131 cm³/mol. The van der Waals surface area contributed by atoms with Crippen LogP contribution in [-0.4, -0.2) is 25.2 Å². The summed E-state index contributed by atoms with van der Waals surface area (Å²) >= 11 is 0. The molecular formula is C27H20FN3O4S. The van der Waals surface area contributed by atoms with E-state index in [2.05, 4.69) is 10.3 Å². The van der Waals surface area contributed by atoms with Crippen molar-refractivity contribution in [3.8, 4) is 0 Å². The Hall–Kier alpha value is -4.37. The first-order valence-corrected chi connectivity index (χ1v) is 12.5. The van der Waals surface area contributed by atoms with Crippen molar-refractivity contribution in [3.63, 3.8) is 0 Å². The molecule has 0 unspecified atom stereocenters. The predicted octanol–water partition coefficient (Wildman–Crippen LogP) is 4.14. The van der Waals surface area contributed by atoms with Gasteiger partial charge >= 0.3 is 0 Å². The Balaban J connectivity index is 1.59. The fraction of sp³-hybridized carbons (Fsp3) is 0.0741. The lowest BCUT2D eigenvalue weighted by Crippen LogP contribution is -2.31. The van der Waals surface area contributed by atoms with Crippen LogP contribution < -0.4 is 10.2 Å². The summed E-state index contributed by atoms with van der Waals surface area (Å²) in [5.74, 6) is -1.40. The molecule has 0 radical (unpaired) electrons. The molecule has 1 N–H and O–H groups in total. The number of carbonyl (C=O) groups excluding carboxylic acids is 2. The Morgan fingerprint density at radius 2 is 1.69 bits per heavy atom. The van der Waals surface area contributed by atoms with Crippen molar-refractivity contribution in [2.45, 2.75) is 22.9 Å². The number of sulfone groups is 1. The minimum atomic E-state index is -4.06. The highest BCUT2D eigenvalue weighted by Gasteiger charge is 2.36.